The summed E-state index contributed by atoms with van der Waals surface area (Å²) in [6.07, 6.45) is 2.56. The summed E-state index contributed by atoms with van der Waals surface area (Å²) >= 11 is 0. The number of amides is 1. The Kier molecular flexibility index (Phi) is 10.7. The fourth-order valence-electron chi connectivity index (χ4n) is 14.8. The average Bonchev–Trinajstić information content (AvgIpc) is 3.83. The first-order valence-corrected chi connectivity index (χ1v) is 21.8. The number of hydrogen-bond acceptors (Lipinski definition) is 12. The van der Waals surface area contributed by atoms with Gasteiger partial charge in [-0.25, -0.2) is 0 Å². The summed E-state index contributed by atoms with van der Waals surface area (Å²) in [6.45, 7) is 10.8. The third kappa shape index (κ3) is 6.07. The number of aliphatic carboxylic acids is 1. The van der Waals surface area contributed by atoms with Crippen molar-refractivity contribution in [1.29, 1.82) is 0 Å². The van der Waals surface area contributed by atoms with Gasteiger partial charge in [-0.3, -0.25) is 19.6 Å². The van der Waals surface area contributed by atoms with Gasteiger partial charge in [0.25, 0.3) is 0 Å². The number of carboxylic acids is 1. The van der Waals surface area contributed by atoms with Crippen LogP contribution in [0.25, 0.3) is 0 Å². The van der Waals surface area contributed by atoms with Gasteiger partial charge in [-0.15, -0.1) is 0 Å². The van der Waals surface area contributed by atoms with E-state index in [1.165, 1.54) is 5.57 Å². The lowest BCUT2D eigenvalue weighted by molar-refractivity contribution is -0.340. The number of carbonyl (C=O) groups is 2. The molecule has 8 N–H and O–H groups in total. The van der Waals surface area contributed by atoms with Gasteiger partial charge in [0.2, 0.25) is 5.91 Å². The van der Waals surface area contributed by atoms with Crippen LogP contribution in [0.2, 0.25) is 0 Å². The summed E-state index contributed by atoms with van der Waals surface area (Å²) in [5.74, 6) is -1.82. The number of aliphatic hydroxyl groups is 6. The highest BCUT2D eigenvalue weighted by molar-refractivity contribution is 6.31. The zero-order chi connectivity index (χ0) is 41.8. The van der Waals surface area contributed by atoms with Crippen LogP contribution < -0.4 is 5.32 Å². The van der Waals surface area contributed by atoms with Crippen LogP contribution in [0.1, 0.15) is 105 Å². The standard InChI is InChI=1S/C44H67N3O11/c1-39(20-48)10-12-44(38(55)56)13-11-41(3)25(27(44)17-39)6-7-31-42(41,4)9-8-30-40(2,21-49)36(58-37-35(54)34(53)29(50)19-57-37)33(52)26(43(30,31)5)14-23-15-32(51)47-28(23)16-24-18-45-22-46-24/h6,18,23,26-31,33-37,48-50,52-54H,7-17,19-22H2,1-5H3,(H,47,51)(H,55,56)/t23-,26+,27-,28+,29+,30+,31-,33+,34-,35+,36+,37-,39-,40-,41+,42+,43-,44-/m0/s1. The number of allylic oxidation sites excluding steroid dienone is 2. The molecule has 324 valence electrons. The minimum Gasteiger partial charge on any atom is -0.481 e. The second kappa shape index (κ2) is 14.7. The maximum Gasteiger partial charge on any atom is 0.310 e. The Labute approximate surface area is 341 Å². The second-order valence-corrected chi connectivity index (χ2v) is 21.1. The van der Waals surface area contributed by atoms with E-state index in [0.29, 0.717) is 64.5 Å². The Morgan fingerprint density at radius 3 is 2.38 bits per heavy atom. The molecule has 1 amide bonds. The largest absolute Gasteiger partial charge is 0.481 e. The smallest absolute Gasteiger partial charge is 0.310 e. The molecule has 0 bridgehead atoms. The van der Waals surface area contributed by atoms with Crippen LogP contribution in [0.3, 0.4) is 0 Å². The minimum atomic E-state index is -1.59. The summed E-state index contributed by atoms with van der Waals surface area (Å²) in [5, 5.41) is 81.0. The second-order valence-electron chi connectivity index (χ2n) is 21.1. The highest BCUT2D eigenvalue weighted by atomic mass is 16.7. The molecule has 8 aliphatic rings. The molecule has 8 rings (SSSR count). The van der Waals surface area contributed by atoms with Gasteiger partial charge in [0.1, 0.15) is 25.0 Å². The van der Waals surface area contributed by atoms with Crippen LogP contribution in [0.4, 0.5) is 0 Å². The zero-order valence-electron chi connectivity index (χ0n) is 34.8. The molecule has 14 nitrogen and oxygen atoms in total. The van der Waals surface area contributed by atoms with Crippen molar-refractivity contribution in [3.63, 3.8) is 0 Å². The van der Waals surface area contributed by atoms with Crippen molar-refractivity contribution >= 4 is 23.8 Å². The predicted octanol–water partition coefficient (Wildman–Crippen LogP) is 2.61. The van der Waals surface area contributed by atoms with Gasteiger partial charge in [-0.2, -0.15) is 0 Å². The summed E-state index contributed by atoms with van der Waals surface area (Å²) < 4.78 is 12.3. The fourth-order valence-corrected chi connectivity index (χ4v) is 14.8. The van der Waals surface area contributed by atoms with Crippen molar-refractivity contribution in [3.8, 4) is 0 Å². The van der Waals surface area contributed by atoms with E-state index >= 15 is 0 Å². The molecule has 0 aromatic carbocycles. The van der Waals surface area contributed by atoms with Crippen LogP contribution >= 0.6 is 0 Å². The van der Waals surface area contributed by atoms with E-state index < -0.39 is 64.9 Å². The molecule has 58 heavy (non-hydrogen) atoms. The fraction of sp³-hybridized carbons (Fsp3) is 0.864. The average molecular weight is 814 g/mol. The van der Waals surface area contributed by atoms with E-state index in [9.17, 15) is 45.3 Å². The van der Waals surface area contributed by atoms with E-state index in [2.05, 4.69) is 49.1 Å². The normalized spacial score (nSPS) is 52.4. The van der Waals surface area contributed by atoms with Crippen LogP contribution in [0.15, 0.2) is 21.6 Å². The van der Waals surface area contributed by atoms with Crippen LogP contribution in [0, 0.1) is 62.1 Å². The number of rotatable bonds is 9. The summed E-state index contributed by atoms with van der Waals surface area (Å²) in [7, 11) is 0. The predicted molar refractivity (Wildman–Crippen MR) is 212 cm³/mol. The maximum absolute atomic E-state index is 13.3. The van der Waals surface area contributed by atoms with E-state index in [4.69, 9.17) is 9.47 Å². The molecule has 0 radical (unpaired) electrons. The van der Waals surface area contributed by atoms with Gasteiger partial charge < -0.3 is 50.5 Å². The van der Waals surface area contributed by atoms with Crippen molar-refractivity contribution in [2.45, 2.75) is 148 Å². The van der Waals surface area contributed by atoms with Crippen molar-refractivity contribution in [2.75, 3.05) is 26.5 Å². The lowest BCUT2D eigenvalue weighted by Crippen LogP contribution is -2.72. The first-order chi connectivity index (χ1) is 27.3. The number of nitrogens with one attached hydrogen (secondary N) is 1. The van der Waals surface area contributed by atoms with Crippen molar-refractivity contribution in [2.24, 2.45) is 72.1 Å². The Morgan fingerprint density at radius 1 is 0.966 bits per heavy atom. The molecule has 4 saturated carbocycles. The molecular formula is C44H67N3O11. The molecule has 0 unspecified atom stereocenters. The van der Waals surface area contributed by atoms with Gasteiger partial charge in [0.05, 0.1) is 36.5 Å². The minimum absolute atomic E-state index is 0.00698. The maximum atomic E-state index is 13.3. The number of nitrogens with zero attached hydrogens (tertiary/aromatic N) is 2. The molecular weight excluding hydrogens is 746 g/mol. The molecule has 18 atom stereocenters. The number of aliphatic imine (C=N–C) groups is 2. The van der Waals surface area contributed by atoms with Gasteiger partial charge in [-0.05, 0) is 109 Å². The van der Waals surface area contributed by atoms with E-state index in [1.807, 2.05) is 6.92 Å². The highest BCUT2D eigenvalue weighted by Gasteiger charge is 2.73. The van der Waals surface area contributed by atoms with E-state index in [-0.39, 0.29) is 78.1 Å². The molecule has 0 aromatic rings. The Bertz CT molecular complexity index is 1740. The lowest BCUT2D eigenvalue weighted by Gasteiger charge is -2.73. The first-order valence-electron chi connectivity index (χ1n) is 21.8. The van der Waals surface area contributed by atoms with Crippen LogP contribution in [0.5, 0.6) is 0 Å². The Hall–Kier alpha value is -2.30. The molecule has 2 saturated heterocycles. The molecule has 0 aromatic heterocycles. The van der Waals surface area contributed by atoms with Gasteiger partial charge >= 0.3 is 5.97 Å². The molecule has 14 heteroatoms. The van der Waals surface area contributed by atoms with Crippen molar-refractivity contribution in [1.82, 2.24) is 5.32 Å². The summed E-state index contributed by atoms with van der Waals surface area (Å²) in [6, 6.07) is -0.226. The van der Waals surface area contributed by atoms with E-state index in [0.717, 1.165) is 12.1 Å². The van der Waals surface area contributed by atoms with Crippen LogP contribution in [-0.2, 0) is 19.1 Å². The highest BCUT2D eigenvalue weighted by Crippen LogP contribution is 2.77. The Morgan fingerprint density at radius 2 is 1.71 bits per heavy atom. The van der Waals surface area contributed by atoms with Gasteiger partial charge in [0.15, 0.2) is 6.29 Å². The number of aliphatic hydroxyl groups excluding tert-OH is 6. The lowest BCUT2D eigenvalue weighted by atomic mass is 9.31. The molecule has 5 aliphatic carbocycles. The van der Waals surface area contributed by atoms with Crippen LogP contribution in [-0.4, -0.2) is 129 Å². The quantitative estimate of drug-likeness (QED) is 0.125. The first kappa shape index (κ1) is 42.4. The third-order valence-corrected chi connectivity index (χ3v) is 18.5. The zero-order valence-corrected chi connectivity index (χ0v) is 34.8. The summed E-state index contributed by atoms with van der Waals surface area (Å²) in [5.41, 5.74) is -1.58. The van der Waals surface area contributed by atoms with Crippen molar-refractivity contribution < 1.29 is 54.8 Å². The topological polar surface area (TPSA) is 231 Å². The Balaban J connectivity index is 1.22. The number of fused-ring (bicyclic) bond motifs is 7. The number of carbonyl (C=O) groups excluding carboxylic acids is 1. The molecule has 6 fully saturated rings. The van der Waals surface area contributed by atoms with Crippen molar-refractivity contribution in [3.05, 3.63) is 11.6 Å². The van der Waals surface area contributed by atoms with E-state index in [1.54, 1.807) is 6.21 Å². The van der Waals surface area contributed by atoms with Gasteiger partial charge in [-0.1, -0.05) is 46.3 Å². The third-order valence-electron chi connectivity index (χ3n) is 18.5. The summed E-state index contributed by atoms with van der Waals surface area (Å²) in [4.78, 5) is 35.2. The SMILES string of the molecule is C[C@]1(CO)CC[C@]2(C(=O)O)CC[C@]3(C)C(=CC[C@@H]4[C@@]5(C)[C@H](C[C@H]6CC(=O)N[C@@H]6CC6=NCN=C6)[C@@H](O)[C@@H](O[C@@H]6OC[C@@H](O)[C@H](O)[C@H]6O)[C@@](C)(CO)[C@H]5CC[C@]43C)[C@@H]2C1. The van der Waals surface area contributed by atoms with Gasteiger partial charge in [0, 0.05) is 37.1 Å². The molecule has 3 heterocycles. The number of ether oxygens (including phenoxy) is 2. The molecule has 3 aliphatic heterocycles. The molecule has 0 spiro atoms. The monoisotopic (exact) mass is 813 g/mol. The number of hydrogen-bond donors (Lipinski definition) is 8. The number of carboxylic acid groups (broad SMARTS) is 1.